The maximum absolute atomic E-state index is 11.8. The van der Waals surface area contributed by atoms with E-state index in [-0.39, 0.29) is 12.5 Å². The molecule has 1 heterocycles. The van der Waals surface area contributed by atoms with Crippen LogP contribution in [0.2, 0.25) is 0 Å². The number of hydrogen-bond acceptors (Lipinski definition) is 3. The van der Waals surface area contributed by atoms with E-state index in [1.54, 1.807) is 0 Å². The molecule has 0 N–H and O–H groups in total. The molecular formula is C15H28N2O3. The van der Waals surface area contributed by atoms with Gasteiger partial charge >= 0.3 is 0 Å². The molecule has 1 rings (SSSR count). The van der Waals surface area contributed by atoms with Crippen molar-refractivity contribution in [3.63, 3.8) is 0 Å². The van der Waals surface area contributed by atoms with Crippen molar-refractivity contribution >= 4 is 5.91 Å². The van der Waals surface area contributed by atoms with E-state index in [0.29, 0.717) is 6.42 Å². The first-order valence-electron chi connectivity index (χ1n) is 8.16. The lowest BCUT2D eigenvalue weighted by Gasteiger charge is -2.12. The van der Waals surface area contributed by atoms with Gasteiger partial charge in [-0.1, -0.05) is 69.2 Å². The zero-order valence-electron chi connectivity index (χ0n) is 12.5. The van der Waals surface area contributed by atoms with Gasteiger partial charge in [0.2, 0.25) is 0 Å². The first-order valence-corrected chi connectivity index (χ1v) is 8.16. The van der Waals surface area contributed by atoms with E-state index in [2.05, 4.69) is 0 Å². The van der Waals surface area contributed by atoms with Crippen molar-refractivity contribution in [2.75, 3.05) is 6.54 Å². The Bertz CT molecular complexity index is 295. The molecule has 116 valence electrons. The molecule has 1 amide bonds. The summed E-state index contributed by atoms with van der Waals surface area (Å²) < 4.78 is 0. The largest absolute Gasteiger partial charge is 0.283 e. The second-order valence-corrected chi connectivity index (χ2v) is 5.75. The Hall–Kier alpha value is -1.13. The van der Waals surface area contributed by atoms with E-state index in [0.717, 1.165) is 43.5 Å². The van der Waals surface area contributed by atoms with Gasteiger partial charge in [0.25, 0.3) is 5.91 Å². The topological polar surface area (TPSA) is 63.5 Å². The summed E-state index contributed by atoms with van der Waals surface area (Å²) in [6.45, 7) is 0.270. The summed E-state index contributed by atoms with van der Waals surface area (Å²) in [5, 5.41) is 11.2. The van der Waals surface area contributed by atoms with Crippen molar-refractivity contribution in [3.05, 3.63) is 10.1 Å². The van der Waals surface area contributed by atoms with Crippen LogP contribution in [0.5, 0.6) is 0 Å². The molecule has 0 saturated carbocycles. The number of nitro groups is 1. The van der Waals surface area contributed by atoms with Crippen LogP contribution in [-0.4, -0.2) is 22.5 Å². The Morgan fingerprint density at radius 1 is 0.750 bits per heavy atom. The molecule has 0 aliphatic carbocycles. The van der Waals surface area contributed by atoms with Crippen LogP contribution in [0.3, 0.4) is 0 Å². The Morgan fingerprint density at radius 2 is 1.15 bits per heavy atom. The summed E-state index contributed by atoms with van der Waals surface area (Å²) >= 11 is 0. The third-order valence-electron chi connectivity index (χ3n) is 4.00. The summed E-state index contributed by atoms with van der Waals surface area (Å²) in [5.74, 6) is -0.318. The van der Waals surface area contributed by atoms with Crippen LogP contribution >= 0.6 is 0 Å². The fourth-order valence-corrected chi connectivity index (χ4v) is 2.73. The zero-order chi connectivity index (χ0) is 14.6. The van der Waals surface area contributed by atoms with Gasteiger partial charge in [-0.2, -0.15) is 0 Å². The fraction of sp³-hybridized carbons (Fsp3) is 0.933. The van der Waals surface area contributed by atoms with Crippen molar-refractivity contribution in [2.45, 2.75) is 83.5 Å². The minimum atomic E-state index is -0.536. The molecule has 5 heteroatoms. The average molecular weight is 284 g/mol. The summed E-state index contributed by atoms with van der Waals surface area (Å²) in [4.78, 5) is 22.7. The first-order chi connectivity index (χ1) is 9.72. The molecule has 5 nitrogen and oxygen atoms in total. The minimum Gasteiger partial charge on any atom is -0.269 e. The van der Waals surface area contributed by atoms with E-state index in [9.17, 15) is 14.9 Å². The maximum Gasteiger partial charge on any atom is 0.283 e. The number of carbonyl (C=O) groups excluding carboxylic acids is 1. The van der Waals surface area contributed by atoms with Crippen LogP contribution in [0.25, 0.3) is 0 Å². The summed E-state index contributed by atoms with van der Waals surface area (Å²) in [7, 11) is 0. The summed E-state index contributed by atoms with van der Waals surface area (Å²) in [6.07, 6.45) is 13.8. The highest BCUT2D eigenvalue weighted by Crippen LogP contribution is 2.14. The minimum absolute atomic E-state index is 0.270. The molecule has 1 fully saturated rings. The average Bonchev–Trinajstić information content (AvgIpc) is 2.41. The quantitative estimate of drug-likeness (QED) is 0.538. The lowest BCUT2D eigenvalue weighted by Crippen LogP contribution is -2.36. The third-order valence-corrected chi connectivity index (χ3v) is 4.00. The first kappa shape index (κ1) is 16.9. The fourth-order valence-electron chi connectivity index (χ4n) is 2.73. The summed E-state index contributed by atoms with van der Waals surface area (Å²) in [6, 6.07) is 0. The van der Waals surface area contributed by atoms with E-state index >= 15 is 0 Å². The smallest absolute Gasteiger partial charge is 0.269 e. The van der Waals surface area contributed by atoms with Crippen molar-refractivity contribution < 1.29 is 9.83 Å². The Morgan fingerprint density at radius 3 is 1.60 bits per heavy atom. The normalized spacial score (nSPS) is 21.6. The highest BCUT2D eigenvalue weighted by atomic mass is 16.7. The van der Waals surface area contributed by atoms with Gasteiger partial charge in [0.15, 0.2) is 5.03 Å². The van der Waals surface area contributed by atoms with Crippen molar-refractivity contribution in [1.82, 2.24) is 5.01 Å². The molecule has 0 unspecified atom stereocenters. The van der Waals surface area contributed by atoms with E-state index < -0.39 is 5.03 Å². The molecule has 0 spiro atoms. The highest BCUT2D eigenvalue weighted by Gasteiger charge is 2.22. The van der Waals surface area contributed by atoms with Crippen LogP contribution in [-0.2, 0) is 4.79 Å². The van der Waals surface area contributed by atoms with Crippen LogP contribution in [0.4, 0.5) is 0 Å². The van der Waals surface area contributed by atoms with Gasteiger partial charge in [0.1, 0.15) is 0 Å². The van der Waals surface area contributed by atoms with Crippen LogP contribution < -0.4 is 0 Å². The van der Waals surface area contributed by atoms with E-state index in [1.165, 1.54) is 38.5 Å². The Labute approximate surface area is 121 Å². The van der Waals surface area contributed by atoms with Gasteiger partial charge in [0, 0.05) is 6.42 Å². The van der Waals surface area contributed by atoms with Gasteiger partial charge in [-0.25, -0.2) is 10.1 Å². The monoisotopic (exact) mass is 284 g/mol. The Balaban J connectivity index is 2.39. The molecule has 0 aromatic heterocycles. The van der Waals surface area contributed by atoms with Crippen LogP contribution in [0.1, 0.15) is 83.5 Å². The van der Waals surface area contributed by atoms with Gasteiger partial charge in [-0.05, 0) is 12.8 Å². The van der Waals surface area contributed by atoms with Gasteiger partial charge in [-0.3, -0.25) is 4.79 Å². The van der Waals surface area contributed by atoms with Gasteiger partial charge in [-0.15, -0.1) is 0 Å². The molecule has 0 radical (unpaired) electrons. The Kier molecular flexibility index (Phi) is 9.00. The number of carbonyl (C=O) groups is 1. The zero-order valence-corrected chi connectivity index (χ0v) is 12.5. The predicted octanol–water partition coefficient (Wildman–Crippen LogP) is 4.09. The third kappa shape index (κ3) is 7.46. The highest BCUT2D eigenvalue weighted by molar-refractivity contribution is 5.74. The molecule has 20 heavy (non-hydrogen) atoms. The van der Waals surface area contributed by atoms with Crippen LogP contribution in [0.15, 0.2) is 0 Å². The van der Waals surface area contributed by atoms with Crippen LogP contribution in [0, 0.1) is 10.1 Å². The van der Waals surface area contributed by atoms with Crippen molar-refractivity contribution in [1.29, 1.82) is 0 Å². The number of hydrazine groups is 1. The number of hydrogen-bond donors (Lipinski definition) is 0. The lowest BCUT2D eigenvalue weighted by atomic mass is 10.0. The summed E-state index contributed by atoms with van der Waals surface area (Å²) in [5.41, 5.74) is 0. The number of amides is 1. The van der Waals surface area contributed by atoms with E-state index in [1.807, 2.05) is 0 Å². The molecule has 1 aliphatic heterocycles. The number of nitrogens with zero attached hydrogens (tertiary/aromatic N) is 2. The lowest BCUT2D eigenvalue weighted by molar-refractivity contribution is -0.634. The van der Waals surface area contributed by atoms with Gasteiger partial charge < -0.3 is 0 Å². The second-order valence-electron chi connectivity index (χ2n) is 5.75. The maximum atomic E-state index is 11.8. The molecule has 0 bridgehead atoms. The molecule has 0 atom stereocenters. The SMILES string of the molecule is O=C1CCCCCCCCCCCCCCN1[N+](=O)[O-]. The molecule has 0 aromatic carbocycles. The van der Waals surface area contributed by atoms with E-state index in [4.69, 9.17) is 0 Å². The van der Waals surface area contributed by atoms with Crippen molar-refractivity contribution in [2.24, 2.45) is 0 Å². The molecular weight excluding hydrogens is 256 g/mol. The second kappa shape index (κ2) is 10.6. The predicted molar refractivity (Wildman–Crippen MR) is 78.7 cm³/mol. The molecule has 0 aromatic rings. The number of rotatable bonds is 1. The standard InChI is InChI=1S/C15H28N2O3/c18-15-13-11-9-7-5-3-1-2-4-6-8-10-12-14-16(15)17(19)20/h1-14H2. The van der Waals surface area contributed by atoms with Crippen molar-refractivity contribution in [3.8, 4) is 0 Å². The molecule has 1 aliphatic rings. The van der Waals surface area contributed by atoms with Gasteiger partial charge in [0.05, 0.1) is 6.54 Å². The molecule has 1 saturated heterocycles.